The number of rotatable bonds is 4. The fourth-order valence-corrected chi connectivity index (χ4v) is 2.24. The average Bonchev–Trinajstić information content (AvgIpc) is 2.43. The molecule has 0 fully saturated rings. The smallest absolute Gasteiger partial charge is 0.288 e. The first-order valence-electron chi connectivity index (χ1n) is 6.21. The van der Waals surface area contributed by atoms with E-state index in [9.17, 15) is 10.1 Å². The van der Waals surface area contributed by atoms with Gasteiger partial charge in [-0.05, 0) is 48.7 Å². The van der Waals surface area contributed by atoms with Crippen molar-refractivity contribution in [2.45, 2.75) is 20.5 Å². The zero-order chi connectivity index (χ0) is 15.6. The van der Waals surface area contributed by atoms with Crippen molar-refractivity contribution < 1.29 is 9.66 Å². The molecule has 21 heavy (non-hydrogen) atoms. The minimum atomic E-state index is -0.511. The van der Waals surface area contributed by atoms with Crippen molar-refractivity contribution in [3.8, 4) is 5.75 Å². The maximum Gasteiger partial charge on any atom is 0.288 e. The molecule has 0 aliphatic carbocycles. The highest BCUT2D eigenvalue weighted by Gasteiger charge is 2.13. The van der Waals surface area contributed by atoms with E-state index < -0.39 is 4.92 Å². The third-order valence-electron chi connectivity index (χ3n) is 3.02. The summed E-state index contributed by atoms with van der Waals surface area (Å²) in [5, 5.41) is 11.7. The van der Waals surface area contributed by atoms with E-state index in [4.69, 9.17) is 27.9 Å². The van der Waals surface area contributed by atoms with Crippen molar-refractivity contribution in [1.29, 1.82) is 0 Å². The van der Waals surface area contributed by atoms with Crippen LogP contribution in [0.25, 0.3) is 0 Å². The van der Waals surface area contributed by atoms with Gasteiger partial charge in [-0.25, -0.2) is 0 Å². The Hall–Kier alpha value is -1.78. The quantitative estimate of drug-likeness (QED) is 0.580. The minimum absolute atomic E-state index is 0.113. The molecule has 0 atom stereocenters. The lowest BCUT2D eigenvalue weighted by molar-refractivity contribution is -0.384. The van der Waals surface area contributed by atoms with Crippen LogP contribution in [0.3, 0.4) is 0 Å². The molecule has 0 unspecified atom stereocenters. The van der Waals surface area contributed by atoms with Gasteiger partial charge in [0.2, 0.25) is 0 Å². The van der Waals surface area contributed by atoms with Crippen molar-refractivity contribution in [3.05, 3.63) is 67.2 Å². The second kappa shape index (κ2) is 6.33. The number of hydrogen-bond acceptors (Lipinski definition) is 3. The normalized spacial score (nSPS) is 10.5. The van der Waals surface area contributed by atoms with Crippen molar-refractivity contribution >= 4 is 28.9 Å². The third-order valence-corrected chi connectivity index (χ3v) is 3.94. The van der Waals surface area contributed by atoms with Crippen molar-refractivity contribution in [3.63, 3.8) is 0 Å². The molecule has 0 aliphatic rings. The summed E-state index contributed by atoms with van der Waals surface area (Å²) in [6.45, 7) is 4.02. The molecule has 4 nitrogen and oxygen atoms in total. The Bertz CT molecular complexity index is 678. The lowest BCUT2D eigenvalue weighted by atomic mass is 10.1. The monoisotopic (exact) mass is 325 g/mol. The Morgan fingerprint density at radius 2 is 1.76 bits per heavy atom. The number of nitro groups is 1. The van der Waals surface area contributed by atoms with Crippen LogP contribution in [0, 0.1) is 24.0 Å². The number of aryl methyl sites for hydroxylation is 2. The first-order valence-corrected chi connectivity index (χ1v) is 6.96. The SMILES string of the molecule is Cc1cc(OCc2ccc(Cl)c([N+](=O)[O-])c2)cc(C)c1Cl. The number of benzene rings is 2. The van der Waals surface area contributed by atoms with E-state index in [-0.39, 0.29) is 17.3 Å². The van der Waals surface area contributed by atoms with Crippen LogP contribution in [-0.4, -0.2) is 4.92 Å². The van der Waals surface area contributed by atoms with Crippen LogP contribution in [0.5, 0.6) is 5.75 Å². The average molecular weight is 326 g/mol. The van der Waals surface area contributed by atoms with Gasteiger partial charge in [0.15, 0.2) is 0 Å². The molecule has 0 amide bonds. The molecule has 2 aromatic rings. The molecular formula is C15H13Cl2NO3. The summed E-state index contributed by atoms with van der Waals surface area (Å²) in [4.78, 5) is 10.3. The van der Waals surface area contributed by atoms with Crippen LogP contribution in [0.15, 0.2) is 30.3 Å². The number of hydrogen-bond donors (Lipinski definition) is 0. The first-order chi connectivity index (χ1) is 9.88. The van der Waals surface area contributed by atoms with E-state index in [1.807, 2.05) is 26.0 Å². The highest BCUT2D eigenvalue weighted by molar-refractivity contribution is 6.32. The predicted octanol–water partition coefficient (Wildman–Crippen LogP) is 5.10. The molecule has 0 N–H and O–H groups in total. The van der Waals surface area contributed by atoms with E-state index in [1.54, 1.807) is 6.07 Å². The predicted molar refractivity (Wildman–Crippen MR) is 83.4 cm³/mol. The van der Waals surface area contributed by atoms with E-state index in [0.29, 0.717) is 16.3 Å². The number of nitrogens with zero attached hydrogens (tertiary/aromatic N) is 1. The Kier molecular flexibility index (Phi) is 4.70. The number of ether oxygens (including phenoxy) is 1. The third kappa shape index (κ3) is 3.65. The molecule has 0 bridgehead atoms. The van der Waals surface area contributed by atoms with Crippen LogP contribution in [0.4, 0.5) is 5.69 Å². The van der Waals surface area contributed by atoms with E-state index in [1.165, 1.54) is 12.1 Å². The molecule has 0 heterocycles. The Morgan fingerprint density at radius 1 is 1.14 bits per heavy atom. The summed E-state index contributed by atoms with van der Waals surface area (Å²) in [6, 6.07) is 8.28. The summed E-state index contributed by atoms with van der Waals surface area (Å²) in [6.07, 6.45) is 0. The van der Waals surface area contributed by atoms with Gasteiger partial charge in [0.25, 0.3) is 5.69 Å². The molecule has 0 aliphatic heterocycles. The summed E-state index contributed by atoms with van der Waals surface area (Å²) in [7, 11) is 0. The fraction of sp³-hybridized carbons (Fsp3) is 0.200. The standard InChI is InChI=1S/C15H13Cl2NO3/c1-9-5-12(6-10(2)15(9)17)21-8-11-3-4-13(16)14(7-11)18(19)20/h3-7H,8H2,1-2H3. The summed E-state index contributed by atoms with van der Waals surface area (Å²) in [5.74, 6) is 0.673. The summed E-state index contributed by atoms with van der Waals surface area (Å²) >= 11 is 11.9. The van der Waals surface area contributed by atoms with Gasteiger partial charge in [0.1, 0.15) is 17.4 Å². The van der Waals surface area contributed by atoms with Gasteiger partial charge in [0.05, 0.1) is 4.92 Å². The van der Waals surface area contributed by atoms with E-state index >= 15 is 0 Å². The van der Waals surface area contributed by atoms with Gasteiger partial charge in [-0.15, -0.1) is 0 Å². The van der Waals surface area contributed by atoms with Crippen LogP contribution in [0.2, 0.25) is 10.0 Å². The number of halogens is 2. The van der Waals surface area contributed by atoms with Gasteiger partial charge < -0.3 is 4.74 Å². The lowest BCUT2D eigenvalue weighted by Crippen LogP contribution is -1.98. The first kappa shape index (κ1) is 15.6. The molecule has 0 radical (unpaired) electrons. The maximum atomic E-state index is 10.8. The highest BCUT2D eigenvalue weighted by atomic mass is 35.5. The molecule has 0 saturated heterocycles. The van der Waals surface area contributed by atoms with Crippen LogP contribution >= 0.6 is 23.2 Å². The van der Waals surface area contributed by atoms with Crippen molar-refractivity contribution in [2.24, 2.45) is 0 Å². The summed E-state index contributed by atoms with van der Waals surface area (Å²) < 4.78 is 5.66. The largest absolute Gasteiger partial charge is 0.489 e. The van der Waals surface area contributed by atoms with Gasteiger partial charge in [-0.3, -0.25) is 10.1 Å². The minimum Gasteiger partial charge on any atom is -0.489 e. The zero-order valence-corrected chi connectivity index (χ0v) is 13.0. The van der Waals surface area contributed by atoms with Crippen LogP contribution < -0.4 is 4.74 Å². The molecule has 0 aromatic heterocycles. The van der Waals surface area contributed by atoms with Crippen LogP contribution in [-0.2, 0) is 6.61 Å². The highest BCUT2D eigenvalue weighted by Crippen LogP contribution is 2.28. The van der Waals surface area contributed by atoms with Crippen LogP contribution in [0.1, 0.15) is 16.7 Å². The van der Waals surface area contributed by atoms with Crippen molar-refractivity contribution in [1.82, 2.24) is 0 Å². The van der Waals surface area contributed by atoms with E-state index in [2.05, 4.69) is 0 Å². The Balaban J connectivity index is 2.17. The molecule has 2 aromatic carbocycles. The molecule has 0 saturated carbocycles. The second-order valence-corrected chi connectivity index (χ2v) is 5.49. The topological polar surface area (TPSA) is 52.4 Å². The second-order valence-electron chi connectivity index (χ2n) is 4.70. The van der Waals surface area contributed by atoms with Gasteiger partial charge in [-0.2, -0.15) is 0 Å². The molecule has 2 rings (SSSR count). The molecule has 6 heteroatoms. The maximum absolute atomic E-state index is 10.8. The molecule has 0 spiro atoms. The van der Waals surface area contributed by atoms with Gasteiger partial charge in [0, 0.05) is 11.1 Å². The molecular weight excluding hydrogens is 313 g/mol. The van der Waals surface area contributed by atoms with Crippen molar-refractivity contribution in [2.75, 3.05) is 0 Å². The Morgan fingerprint density at radius 3 is 2.33 bits per heavy atom. The number of nitro benzene ring substituents is 1. The summed E-state index contributed by atoms with van der Waals surface area (Å²) in [5.41, 5.74) is 2.40. The molecule has 110 valence electrons. The van der Waals surface area contributed by atoms with Gasteiger partial charge >= 0.3 is 0 Å². The fourth-order valence-electron chi connectivity index (χ4n) is 1.94. The Labute approximate surface area is 132 Å². The van der Waals surface area contributed by atoms with E-state index in [0.717, 1.165) is 11.1 Å². The van der Waals surface area contributed by atoms with Gasteiger partial charge in [-0.1, -0.05) is 29.3 Å². The lowest BCUT2D eigenvalue weighted by Gasteiger charge is -2.10. The zero-order valence-electron chi connectivity index (χ0n) is 11.5.